The van der Waals surface area contributed by atoms with Crippen LogP contribution in [0.1, 0.15) is 30.9 Å². The van der Waals surface area contributed by atoms with Crippen LogP contribution >= 0.6 is 11.8 Å². The molecule has 1 aromatic heterocycles. The number of hydrogen-bond acceptors (Lipinski definition) is 6. The number of aryl methyl sites for hydroxylation is 1. The SMILES string of the molecule is O=C1Nc2ccccc2CCC1Sc1nnnn1C1CCOCC1. The van der Waals surface area contributed by atoms with Crippen molar-refractivity contribution in [2.45, 2.75) is 42.1 Å². The molecule has 2 aliphatic rings. The lowest BCUT2D eigenvalue weighted by Crippen LogP contribution is -2.25. The second-order valence-corrected chi connectivity index (χ2v) is 7.21. The summed E-state index contributed by atoms with van der Waals surface area (Å²) in [6, 6.07) is 8.21. The number of thioether (sulfide) groups is 1. The van der Waals surface area contributed by atoms with Crippen LogP contribution in [-0.4, -0.2) is 44.6 Å². The highest BCUT2D eigenvalue weighted by Gasteiger charge is 2.28. The summed E-state index contributed by atoms with van der Waals surface area (Å²) >= 11 is 1.46. The minimum absolute atomic E-state index is 0.0199. The largest absolute Gasteiger partial charge is 0.381 e. The maximum Gasteiger partial charge on any atom is 0.237 e. The van der Waals surface area contributed by atoms with Crippen LogP contribution in [0.3, 0.4) is 0 Å². The molecule has 7 nitrogen and oxygen atoms in total. The van der Waals surface area contributed by atoms with Crippen molar-refractivity contribution in [3.63, 3.8) is 0 Å². The van der Waals surface area contributed by atoms with Gasteiger partial charge in [0.25, 0.3) is 0 Å². The number of ether oxygens (including phenoxy) is 1. The molecule has 0 aliphatic carbocycles. The summed E-state index contributed by atoms with van der Waals surface area (Å²) in [6.07, 6.45) is 3.45. The van der Waals surface area contributed by atoms with E-state index in [1.165, 1.54) is 17.3 Å². The second-order valence-electron chi connectivity index (χ2n) is 6.04. The Labute approximate surface area is 144 Å². The fourth-order valence-corrected chi connectivity index (χ4v) is 4.19. The molecule has 2 aromatic rings. The van der Waals surface area contributed by atoms with Gasteiger partial charge in [-0.3, -0.25) is 4.79 Å². The molecule has 8 heteroatoms. The van der Waals surface area contributed by atoms with Crippen molar-refractivity contribution >= 4 is 23.4 Å². The van der Waals surface area contributed by atoms with Crippen LogP contribution in [0, 0.1) is 0 Å². The standard InChI is InChI=1S/C16H19N5O2S/c22-15-14(6-5-11-3-1-2-4-13(11)17-15)24-16-18-19-20-21(16)12-7-9-23-10-8-12/h1-4,12,14H,5-10H2,(H,17,22). The molecule has 0 spiro atoms. The molecule has 4 rings (SSSR count). The Morgan fingerprint density at radius 1 is 1.21 bits per heavy atom. The Kier molecular flexibility index (Phi) is 4.48. The zero-order chi connectivity index (χ0) is 16.4. The third-order valence-electron chi connectivity index (χ3n) is 4.49. The van der Waals surface area contributed by atoms with Gasteiger partial charge in [-0.1, -0.05) is 30.0 Å². The van der Waals surface area contributed by atoms with E-state index in [1.54, 1.807) is 0 Å². The van der Waals surface area contributed by atoms with E-state index in [-0.39, 0.29) is 17.2 Å². The van der Waals surface area contributed by atoms with Gasteiger partial charge in [-0.05, 0) is 47.7 Å². The lowest BCUT2D eigenvalue weighted by molar-refractivity contribution is -0.115. The van der Waals surface area contributed by atoms with Gasteiger partial charge in [-0.2, -0.15) is 0 Å². The van der Waals surface area contributed by atoms with Gasteiger partial charge in [0.05, 0.1) is 11.3 Å². The van der Waals surface area contributed by atoms with Gasteiger partial charge in [-0.25, -0.2) is 4.68 Å². The highest BCUT2D eigenvalue weighted by atomic mass is 32.2. The van der Waals surface area contributed by atoms with Gasteiger partial charge in [-0.15, -0.1) is 5.10 Å². The predicted molar refractivity (Wildman–Crippen MR) is 89.9 cm³/mol. The smallest absolute Gasteiger partial charge is 0.237 e. The Balaban J connectivity index is 1.50. The molecule has 24 heavy (non-hydrogen) atoms. The zero-order valence-electron chi connectivity index (χ0n) is 13.2. The van der Waals surface area contributed by atoms with E-state index in [2.05, 4.69) is 26.9 Å². The van der Waals surface area contributed by atoms with Crippen LogP contribution in [0.5, 0.6) is 0 Å². The van der Waals surface area contributed by atoms with Crippen LogP contribution in [0.2, 0.25) is 0 Å². The van der Waals surface area contributed by atoms with Crippen LogP contribution in [0.25, 0.3) is 0 Å². The number of anilines is 1. The third-order valence-corrected chi connectivity index (χ3v) is 5.70. The van der Waals surface area contributed by atoms with E-state index in [1.807, 2.05) is 22.9 Å². The average Bonchev–Trinajstić information content (AvgIpc) is 3.02. The molecule has 1 unspecified atom stereocenters. The number of hydrogen-bond donors (Lipinski definition) is 1. The first-order valence-electron chi connectivity index (χ1n) is 8.22. The van der Waals surface area contributed by atoms with E-state index in [0.717, 1.165) is 44.6 Å². The van der Waals surface area contributed by atoms with E-state index in [4.69, 9.17) is 4.74 Å². The number of rotatable bonds is 3. The van der Waals surface area contributed by atoms with E-state index >= 15 is 0 Å². The number of amides is 1. The van der Waals surface area contributed by atoms with E-state index in [9.17, 15) is 4.79 Å². The minimum atomic E-state index is -0.193. The van der Waals surface area contributed by atoms with Gasteiger partial charge < -0.3 is 10.1 Å². The molecule has 3 heterocycles. The van der Waals surface area contributed by atoms with Gasteiger partial charge in [0.15, 0.2) is 0 Å². The molecule has 1 saturated heterocycles. The number of para-hydroxylation sites is 1. The molecule has 0 radical (unpaired) electrons. The Morgan fingerprint density at radius 2 is 2.04 bits per heavy atom. The number of carbonyl (C=O) groups is 1. The van der Waals surface area contributed by atoms with Crippen molar-refractivity contribution in [1.82, 2.24) is 20.2 Å². The Hall–Kier alpha value is -1.93. The molecule has 126 valence electrons. The number of nitrogens with zero attached hydrogens (tertiary/aromatic N) is 4. The normalized spacial score (nSPS) is 21.8. The van der Waals surface area contributed by atoms with Gasteiger partial charge in [0, 0.05) is 18.9 Å². The van der Waals surface area contributed by atoms with E-state index < -0.39 is 0 Å². The van der Waals surface area contributed by atoms with Crippen molar-refractivity contribution in [2.75, 3.05) is 18.5 Å². The number of aromatic nitrogens is 4. The summed E-state index contributed by atoms with van der Waals surface area (Å²) in [5, 5.41) is 15.7. The molecule has 2 aliphatic heterocycles. The monoisotopic (exact) mass is 345 g/mol. The molecule has 1 fully saturated rings. The van der Waals surface area contributed by atoms with Crippen LogP contribution in [0.4, 0.5) is 5.69 Å². The lowest BCUT2D eigenvalue weighted by atomic mass is 10.1. The highest BCUT2D eigenvalue weighted by molar-refractivity contribution is 8.00. The Morgan fingerprint density at radius 3 is 2.92 bits per heavy atom. The fourth-order valence-electron chi connectivity index (χ4n) is 3.15. The molecule has 0 saturated carbocycles. The molecule has 1 atom stereocenters. The number of tetrazole rings is 1. The molecular weight excluding hydrogens is 326 g/mol. The van der Waals surface area contributed by atoms with Crippen molar-refractivity contribution in [3.05, 3.63) is 29.8 Å². The first-order valence-corrected chi connectivity index (χ1v) is 9.10. The van der Waals surface area contributed by atoms with Crippen molar-refractivity contribution in [1.29, 1.82) is 0 Å². The second kappa shape index (κ2) is 6.90. The summed E-state index contributed by atoms with van der Waals surface area (Å²) in [7, 11) is 0. The Bertz CT molecular complexity index is 729. The molecule has 0 bridgehead atoms. The topological polar surface area (TPSA) is 81.9 Å². The summed E-state index contributed by atoms with van der Waals surface area (Å²) in [6.45, 7) is 1.46. The molecular formula is C16H19N5O2S. The van der Waals surface area contributed by atoms with Crippen LogP contribution in [-0.2, 0) is 16.0 Å². The third kappa shape index (κ3) is 3.16. The van der Waals surface area contributed by atoms with E-state index in [0.29, 0.717) is 5.16 Å². The van der Waals surface area contributed by atoms with Gasteiger partial charge in [0.1, 0.15) is 0 Å². The maximum absolute atomic E-state index is 12.6. The number of carbonyl (C=O) groups excluding carboxylic acids is 1. The van der Waals surface area contributed by atoms with Gasteiger partial charge in [0.2, 0.25) is 11.1 Å². The zero-order valence-corrected chi connectivity index (χ0v) is 14.0. The first-order chi connectivity index (χ1) is 11.8. The minimum Gasteiger partial charge on any atom is -0.381 e. The lowest BCUT2D eigenvalue weighted by Gasteiger charge is -2.23. The average molecular weight is 345 g/mol. The summed E-state index contributed by atoms with van der Waals surface area (Å²) < 4.78 is 7.26. The van der Waals surface area contributed by atoms with Crippen molar-refractivity contribution in [3.8, 4) is 0 Å². The molecule has 1 N–H and O–H groups in total. The summed E-state index contributed by atoms with van der Waals surface area (Å²) in [5.41, 5.74) is 2.09. The summed E-state index contributed by atoms with van der Waals surface area (Å²) in [5.74, 6) is 0.0199. The fraction of sp³-hybridized carbons (Fsp3) is 0.500. The molecule has 1 amide bonds. The number of fused-ring (bicyclic) bond motifs is 1. The van der Waals surface area contributed by atoms with Crippen molar-refractivity contribution < 1.29 is 9.53 Å². The number of nitrogens with one attached hydrogen (secondary N) is 1. The van der Waals surface area contributed by atoms with Crippen LogP contribution < -0.4 is 5.32 Å². The number of benzene rings is 1. The predicted octanol–water partition coefficient (Wildman–Crippen LogP) is 2.07. The molecule has 1 aromatic carbocycles. The summed E-state index contributed by atoms with van der Waals surface area (Å²) in [4.78, 5) is 12.6. The quantitative estimate of drug-likeness (QED) is 0.917. The maximum atomic E-state index is 12.6. The van der Waals surface area contributed by atoms with Gasteiger partial charge >= 0.3 is 0 Å². The first kappa shape index (κ1) is 15.6. The van der Waals surface area contributed by atoms with Crippen molar-refractivity contribution in [2.24, 2.45) is 0 Å². The van der Waals surface area contributed by atoms with Crippen LogP contribution in [0.15, 0.2) is 29.4 Å². The highest BCUT2D eigenvalue weighted by Crippen LogP contribution is 2.32.